The molecule has 0 atom stereocenters. The minimum absolute atomic E-state index is 0.198. The van der Waals surface area contributed by atoms with Crippen molar-refractivity contribution in [3.63, 3.8) is 0 Å². The molecule has 1 amide bonds. The SMILES string of the molecule is O=C(NCc1nnc2ccccn12)c1ccoc1. The molecule has 90 valence electrons. The molecular formula is C12H10N4O2. The summed E-state index contributed by atoms with van der Waals surface area (Å²) < 4.78 is 6.68. The summed E-state index contributed by atoms with van der Waals surface area (Å²) in [7, 11) is 0. The molecule has 0 aromatic carbocycles. The van der Waals surface area contributed by atoms with Crippen LogP contribution in [-0.4, -0.2) is 20.5 Å². The monoisotopic (exact) mass is 242 g/mol. The smallest absolute Gasteiger partial charge is 0.254 e. The van der Waals surface area contributed by atoms with Gasteiger partial charge in [0.15, 0.2) is 11.5 Å². The van der Waals surface area contributed by atoms with Gasteiger partial charge >= 0.3 is 0 Å². The number of nitrogens with zero attached hydrogens (tertiary/aromatic N) is 3. The lowest BCUT2D eigenvalue weighted by atomic mass is 10.3. The zero-order valence-corrected chi connectivity index (χ0v) is 9.41. The van der Waals surface area contributed by atoms with Crippen LogP contribution in [0.15, 0.2) is 47.4 Å². The van der Waals surface area contributed by atoms with Crippen LogP contribution >= 0.6 is 0 Å². The number of hydrogen-bond donors (Lipinski definition) is 1. The minimum Gasteiger partial charge on any atom is -0.472 e. The van der Waals surface area contributed by atoms with E-state index in [1.54, 1.807) is 6.07 Å². The van der Waals surface area contributed by atoms with Gasteiger partial charge in [0.2, 0.25) is 0 Å². The van der Waals surface area contributed by atoms with Crippen molar-refractivity contribution >= 4 is 11.6 Å². The Morgan fingerprint density at radius 3 is 3.11 bits per heavy atom. The third-order valence-electron chi connectivity index (χ3n) is 2.57. The highest BCUT2D eigenvalue weighted by Crippen LogP contribution is 2.03. The molecule has 0 spiro atoms. The Kier molecular flexibility index (Phi) is 2.53. The van der Waals surface area contributed by atoms with Gasteiger partial charge in [0.05, 0.1) is 18.4 Å². The van der Waals surface area contributed by atoms with Crippen molar-refractivity contribution in [3.8, 4) is 0 Å². The predicted octanol–water partition coefficient (Wildman–Crippen LogP) is 1.25. The summed E-state index contributed by atoms with van der Waals surface area (Å²) in [5.74, 6) is 0.485. The summed E-state index contributed by atoms with van der Waals surface area (Å²) in [6.45, 7) is 0.315. The predicted molar refractivity (Wildman–Crippen MR) is 62.9 cm³/mol. The number of nitrogens with one attached hydrogen (secondary N) is 1. The maximum Gasteiger partial charge on any atom is 0.254 e. The van der Waals surface area contributed by atoms with E-state index < -0.39 is 0 Å². The highest BCUT2D eigenvalue weighted by molar-refractivity contribution is 5.93. The number of rotatable bonds is 3. The molecule has 1 N–H and O–H groups in total. The van der Waals surface area contributed by atoms with Gasteiger partial charge in [0.1, 0.15) is 6.26 Å². The van der Waals surface area contributed by atoms with Crippen LogP contribution in [0.2, 0.25) is 0 Å². The van der Waals surface area contributed by atoms with E-state index in [1.165, 1.54) is 12.5 Å². The Balaban J connectivity index is 1.76. The van der Waals surface area contributed by atoms with Gasteiger partial charge in [-0.1, -0.05) is 6.07 Å². The number of amides is 1. The van der Waals surface area contributed by atoms with Crippen LogP contribution in [0.4, 0.5) is 0 Å². The molecule has 3 heterocycles. The van der Waals surface area contributed by atoms with Crippen LogP contribution in [0.3, 0.4) is 0 Å². The van der Waals surface area contributed by atoms with Crippen molar-refractivity contribution in [2.75, 3.05) is 0 Å². The van der Waals surface area contributed by atoms with Crippen molar-refractivity contribution in [2.24, 2.45) is 0 Å². The quantitative estimate of drug-likeness (QED) is 0.750. The van der Waals surface area contributed by atoms with Gasteiger partial charge in [-0.25, -0.2) is 0 Å². The zero-order valence-electron chi connectivity index (χ0n) is 9.41. The van der Waals surface area contributed by atoms with E-state index in [-0.39, 0.29) is 5.91 Å². The molecule has 3 aromatic heterocycles. The standard InChI is InChI=1S/C12H10N4O2/c17-12(9-4-6-18-8-9)13-7-11-15-14-10-3-1-2-5-16(10)11/h1-6,8H,7H2,(H,13,17). The van der Waals surface area contributed by atoms with Gasteiger partial charge in [-0.2, -0.15) is 0 Å². The van der Waals surface area contributed by atoms with Crippen molar-refractivity contribution in [2.45, 2.75) is 6.54 Å². The average Bonchev–Trinajstić information content (AvgIpc) is 3.06. The number of furan rings is 1. The fourth-order valence-electron chi connectivity index (χ4n) is 1.67. The molecule has 0 radical (unpaired) electrons. The normalized spacial score (nSPS) is 10.7. The molecule has 0 saturated heterocycles. The molecule has 3 aromatic rings. The second-order valence-electron chi connectivity index (χ2n) is 3.74. The lowest BCUT2D eigenvalue weighted by Crippen LogP contribution is -2.23. The Bertz CT molecular complexity index is 672. The highest BCUT2D eigenvalue weighted by atomic mass is 16.3. The molecule has 18 heavy (non-hydrogen) atoms. The summed E-state index contributed by atoms with van der Waals surface area (Å²) >= 11 is 0. The van der Waals surface area contributed by atoms with Crippen LogP contribution in [-0.2, 0) is 6.54 Å². The molecular weight excluding hydrogens is 232 g/mol. The number of pyridine rings is 1. The van der Waals surface area contributed by atoms with Gasteiger partial charge in [-0.05, 0) is 18.2 Å². The molecule has 0 unspecified atom stereocenters. The topological polar surface area (TPSA) is 72.4 Å². The van der Waals surface area contributed by atoms with Crippen LogP contribution in [0.25, 0.3) is 5.65 Å². The fraction of sp³-hybridized carbons (Fsp3) is 0.0833. The van der Waals surface area contributed by atoms with Gasteiger partial charge in [0, 0.05) is 6.20 Å². The molecule has 0 aliphatic heterocycles. The van der Waals surface area contributed by atoms with E-state index in [4.69, 9.17) is 4.42 Å². The molecule has 6 nitrogen and oxygen atoms in total. The van der Waals surface area contributed by atoms with Crippen LogP contribution in [0.5, 0.6) is 0 Å². The molecule has 0 aliphatic carbocycles. The van der Waals surface area contributed by atoms with Gasteiger partial charge in [0.25, 0.3) is 5.91 Å². The first-order valence-corrected chi connectivity index (χ1v) is 5.43. The van der Waals surface area contributed by atoms with Crippen LogP contribution < -0.4 is 5.32 Å². The maximum atomic E-state index is 11.7. The summed E-state index contributed by atoms with van der Waals surface area (Å²) in [6.07, 6.45) is 4.72. The number of hydrogen-bond acceptors (Lipinski definition) is 4. The Labute approximate surface area is 102 Å². The van der Waals surface area contributed by atoms with E-state index >= 15 is 0 Å². The van der Waals surface area contributed by atoms with Crippen LogP contribution in [0, 0.1) is 0 Å². The molecule has 0 aliphatic rings. The Morgan fingerprint density at radius 1 is 1.33 bits per heavy atom. The summed E-state index contributed by atoms with van der Waals surface area (Å²) in [5.41, 5.74) is 1.24. The first-order chi connectivity index (χ1) is 8.84. The van der Waals surface area contributed by atoms with Gasteiger partial charge < -0.3 is 9.73 Å². The van der Waals surface area contributed by atoms with Gasteiger partial charge in [-0.3, -0.25) is 9.20 Å². The van der Waals surface area contributed by atoms with Gasteiger partial charge in [-0.15, -0.1) is 10.2 Å². The lowest BCUT2D eigenvalue weighted by molar-refractivity contribution is 0.0949. The van der Waals surface area contributed by atoms with E-state index in [1.807, 2.05) is 28.8 Å². The van der Waals surface area contributed by atoms with Crippen molar-refractivity contribution in [1.82, 2.24) is 19.9 Å². The van der Waals surface area contributed by atoms with Crippen molar-refractivity contribution in [3.05, 3.63) is 54.4 Å². The zero-order chi connectivity index (χ0) is 12.4. The number of carbonyl (C=O) groups is 1. The van der Waals surface area contributed by atoms with E-state index in [9.17, 15) is 4.79 Å². The summed E-state index contributed by atoms with van der Waals surface area (Å²) in [5, 5.41) is 10.8. The molecule has 6 heteroatoms. The molecule has 0 bridgehead atoms. The molecule has 0 saturated carbocycles. The highest BCUT2D eigenvalue weighted by Gasteiger charge is 2.09. The number of fused-ring (bicyclic) bond motifs is 1. The molecule has 3 rings (SSSR count). The number of aromatic nitrogens is 3. The Hall–Kier alpha value is -2.63. The third kappa shape index (κ3) is 1.84. The Morgan fingerprint density at radius 2 is 2.28 bits per heavy atom. The fourth-order valence-corrected chi connectivity index (χ4v) is 1.67. The second-order valence-corrected chi connectivity index (χ2v) is 3.74. The maximum absolute atomic E-state index is 11.7. The van der Waals surface area contributed by atoms with Crippen molar-refractivity contribution < 1.29 is 9.21 Å². The first kappa shape index (κ1) is 10.5. The second kappa shape index (κ2) is 4.33. The average molecular weight is 242 g/mol. The largest absolute Gasteiger partial charge is 0.472 e. The van der Waals surface area contributed by atoms with E-state index in [0.717, 1.165) is 5.65 Å². The first-order valence-electron chi connectivity index (χ1n) is 5.43. The van der Waals surface area contributed by atoms with Crippen LogP contribution in [0.1, 0.15) is 16.2 Å². The summed E-state index contributed by atoms with van der Waals surface area (Å²) in [6, 6.07) is 7.24. The minimum atomic E-state index is -0.198. The van der Waals surface area contributed by atoms with Crippen molar-refractivity contribution in [1.29, 1.82) is 0 Å². The molecule has 0 fully saturated rings. The van der Waals surface area contributed by atoms with E-state index in [0.29, 0.717) is 17.9 Å². The summed E-state index contributed by atoms with van der Waals surface area (Å²) in [4.78, 5) is 11.7. The lowest BCUT2D eigenvalue weighted by Gasteiger charge is -2.01. The number of carbonyl (C=O) groups excluding carboxylic acids is 1. The third-order valence-corrected chi connectivity index (χ3v) is 2.57. The van der Waals surface area contributed by atoms with E-state index in [2.05, 4.69) is 15.5 Å².